The Labute approximate surface area is 130 Å². The number of aliphatic carboxylic acids is 1. The Hall–Kier alpha value is -1.88. The van der Waals surface area contributed by atoms with Crippen molar-refractivity contribution >= 4 is 11.9 Å². The molecular formula is C17H23NO4. The molecule has 1 aliphatic rings. The number of carboxylic acid groups (broad SMARTS) is 1. The van der Waals surface area contributed by atoms with Gasteiger partial charge in [0, 0.05) is 0 Å². The first-order valence-electron chi connectivity index (χ1n) is 7.59. The summed E-state index contributed by atoms with van der Waals surface area (Å²) in [4.78, 5) is 23.9. The van der Waals surface area contributed by atoms with Gasteiger partial charge in [0.25, 0.3) is 0 Å². The summed E-state index contributed by atoms with van der Waals surface area (Å²) in [5, 5.41) is 9.45. The number of rotatable bonds is 6. The van der Waals surface area contributed by atoms with Crippen LogP contribution in [0.5, 0.6) is 0 Å². The molecule has 2 rings (SSSR count). The van der Waals surface area contributed by atoms with Crippen molar-refractivity contribution in [3.05, 3.63) is 35.9 Å². The highest BCUT2D eigenvalue weighted by atomic mass is 16.5. The molecule has 1 aliphatic carbocycles. The van der Waals surface area contributed by atoms with E-state index in [1.165, 1.54) is 0 Å². The first-order valence-corrected chi connectivity index (χ1v) is 7.59. The summed E-state index contributed by atoms with van der Waals surface area (Å²) in [6.07, 6.45) is 4.00. The maximum Gasteiger partial charge on any atom is 0.338 e. The van der Waals surface area contributed by atoms with Crippen molar-refractivity contribution in [2.45, 2.75) is 51.2 Å². The number of benzene rings is 1. The summed E-state index contributed by atoms with van der Waals surface area (Å²) in [5.41, 5.74) is 4.55. The maximum atomic E-state index is 12.3. The lowest BCUT2D eigenvalue weighted by Gasteiger charge is -2.32. The van der Waals surface area contributed by atoms with Crippen LogP contribution in [-0.2, 0) is 20.9 Å². The second-order valence-corrected chi connectivity index (χ2v) is 6.53. The smallest absolute Gasteiger partial charge is 0.338 e. The van der Waals surface area contributed by atoms with Crippen LogP contribution in [0.1, 0.15) is 44.6 Å². The predicted molar refractivity (Wildman–Crippen MR) is 82.0 cm³/mol. The quantitative estimate of drug-likeness (QED) is 0.622. The van der Waals surface area contributed by atoms with Gasteiger partial charge in [-0.05, 0) is 30.2 Å². The lowest BCUT2D eigenvalue weighted by molar-refractivity contribution is -0.163. The third-order valence-electron chi connectivity index (χ3n) is 4.47. The third-order valence-corrected chi connectivity index (χ3v) is 4.47. The van der Waals surface area contributed by atoms with Gasteiger partial charge in [-0.25, -0.2) is 9.59 Å². The van der Waals surface area contributed by atoms with Crippen molar-refractivity contribution < 1.29 is 19.4 Å². The Kier molecular flexibility index (Phi) is 4.86. The summed E-state index contributed by atoms with van der Waals surface area (Å²) >= 11 is 0. The molecule has 5 nitrogen and oxygen atoms in total. The number of carboxylic acids is 1. The van der Waals surface area contributed by atoms with Crippen LogP contribution in [0.2, 0.25) is 0 Å². The van der Waals surface area contributed by atoms with Crippen LogP contribution in [0.25, 0.3) is 0 Å². The van der Waals surface area contributed by atoms with Gasteiger partial charge in [-0.2, -0.15) is 0 Å². The van der Waals surface area contributed by atoms with E-state index < -0.39 is 17.5 Å². The zero-order valence-corrected chi connectivity index (χ0v) is 12.9. The summed E-state index contributed by atoms with van der Waals surface area (Å²) in [6, 6.07) is 9.14. The van der Waals surface area contributed by atoms with Crippen molar-refractivity contribution in [2.24, 2.45) is 11.1 Å². The Balaban J connectivity index is 2.05. The van der Waals surface area contributed by atoms with Crippen LogP contribution < -0.4 is 5.73 Å². The van der Waals surface area contributed by atoms with Crippen LogP contribution in [0.4, 0.5) is 0 Å². The van der Waals surface area contributed by atoms with E-state index >= 15 is 0 Å². The van der Waals surface area contributed by atoms with E-state index in [4.69, 9.17) is 10.5 Å². The maximum absolute atomic E-state index is 12.3. The van der Waals surface area contributed by atoms with Crippen LogP contribution in [0, 0.1) is 5.41 Å². The SMILES string of the molecule is CC1(C[C@@](N)(C(=O)O)C(=O)OCc2ccccc2)CCCC1. The third kappa shape index (κ3) is 3.65. The molecule has 0 aliphatic heterocycles. The molecule has 0 spiro atoms. The second kappa shape index (κ2) is 6.48. The topological polar surface area (TPSA) is 89.6 Å². The molecule has 1 aromatic rings. The van der Waals surface area contributed by atoms with E-state index in [-0.39, 0.29) is 18.4 Å². The molecule has 0 radical (unpaired) electrons. The molecule has 0 unspecified atom stereocenters. The van der Waals surface area contributed by atoms with E-state index in [1.807, 2.05) is 37.3 Å². The zero-order chi connectivity index (χ0) is 16.2. The summed E-state index contributed by atoms with van der Waals surface area (Å²) in [6.45, 7) is 2.03. The summed E-state index contributed by atoms with van der Waals surface area (Å²) in [5.74, 6) is -2.18. The standard InChI is InChI=1S/C17H23NO4/c1-16(9-5-6-10-16)12-17(18,14(19)20)15(21)22-11-13-7-3-2-4-8-13/h2-4,7-8H,5-6,9-12,18H2,1H3,(H,19,20)/t17-/m1/s1. The number of carbonyl (C=O) groups is 2. The largest absolute Gasteiger partial charge is 0.479 e. The summed E-state index contributed by atoms with van der Waals surface area (Å²) < 4.78 is 5.17. The van der Waals surface area contributed by atoms with Gasteiger partial charge in [-0.3, -0.25) is 0 Å². The fourth-order valence-electron chi connectivity index (χ4n) is 3.17. The number of hydrogen-bond acceptors (Lipinski definition) is 4. The Morgan fingerprint density at radius 1 is 1.27 bits per heavy atom. The molecule has 1 saturated carbocycles. The Bertz CT molecular complexity index is 537. The number of hydrogen-bond donors (Lipinski definition) is 2. The molecular weight excluding hydrogens is 282 g/mol. The van der Waals surface area contributed by atoms with Crippen molar-refractivity contribution in [2.75, 3.05) is 0 Å². The molecule has 0 heterocycles. The minimum Gasteiger partial charge on any atom is -0.479 e. The molecule has 0 saturated heterocycles. The van der Waals surface area contributed by atoms with Crippen LogP contribution in [0.3, 0.4) is 0 Å². The molecule has 1 atom stereocenters. The second-order valence-electron chi connectivity index (χ2n) is 6.53. The Morgan fingerprint density at radius 2 is 1.86 bits per heavy atom. The van der Waals surface area contributed by atoms with Crippen molar-refractivity contribution in [1.29, 1.82) is 0 Å². The van der Waals surface area contributed by atoms with Gasteiger partial charge in [0.15, 0.2) is 0 Å². The highest BCUT2D eigenvalue weighted by Crippen LogP contribution is 2.43. The lowest BCUT2D eigenvalue weighted by atomic mass is 9.76. The number of esters is 1. The molecule has 0 amide bonds. The monoisotopic (exact) mass is 305 g/mol. The lowest BCUT2D eigenvalue weighted by Crippen LogP contribution is -2.58. The van der Waals surface area contributed by atoms with Crippen LogP contribution >= 0.6 is 0 Å². The van der Waals surface area contributed by atoms with Gasteiger partial charge >= 0.3 is 11.9 Å². The number of ether oxygens (including phenoxy) is 1. The minimum atomic E-state index is -1.98. The molecule has 120 valence electrons. The van der Waals surface area contributed by atoms with E-state index in [2.05, 4.69) is 0 Å². The first-order chi connectivity index (χ1) is 10.4. The minimum absolute atomic E-state index is 0.0304. The van der Waals surface area contributed by atoms with Gasteiger partial charge in [-0.15, -0.1) is 0 Å². The van der Waals surface area contributed by atoms with Crippen molar-refractivity contribution in [3.63, 3.8) is 0 Å². The molecule has 1 fully saturated rings. The van der Waals surface area contributed by atoms with E-state index in [0.29, 0.717) is 0 Å². The van der Waals surface area contributed by atoms with E-state index in [0.717, 1.165) is 31.2 Å². The predicted octanol–water partition coefficient (Wildman–Crippen LogP) is 2.48. The summed E-state index contributed by atoms with van der Waals surface area (Å²) in [7, 11) is 0. The Morgan fingerprint density at radius 3 is 2.41 bits per heavy atom. The van der Waals surface area contributed by atoms with Gasteiger partial charge < -0.3 is 15.6 Å². The van der Waals surface area contributed by atoms with E-state index in [1.54, 1.807) is 0 Å². The molecule has 0 aromatic heterocycles. The van der Waals surface area contributed by atoms with Gasteiger partial charge in [0.05, 0.1) is 0 Å². The number of carbonyl (C=O) groups excluding carboxylic acids is 1. The molecule has 3 N–H and O–H groups in total. The molecule has 0 bridgehead atoms. The van der Waals surface area contributed by atoms with Gasteiger partial charge in [0.2, 0.25) is 5.54 Å². The van der Waals surface area contributed by atoms with Crippen molar-refractivity contribution in [3.8, 4) is 0 Å². The highest BCUT2D eigenvalue weighted by molar-refractivity contribution is 6.03. The van der Waals surface area contributed by atoms with Crippen LogP contribution in [0.15, 0.2) is 30.3 Å². The zero-order valence-electron chi connectivity index (χ0n) is 12.9. The van der Waals surface area contributed by atoms with Crippen molar-refractivity contribution in [1.82, 2.24) is 0 Å². The molecule has 22 heavy (non-hydrogen) atoms. The average Bonchev–Trinajstić information content (AvgIpc) is 2.91. The first kappa shape index (κ1) is 16.5. The average molecular weight is 305 g/mol. The fraction of sp³-hybridized carbons (Fsp3) is 0.529. The van der Waals surface area contributed by atoms with Gasteiger partial charge in [0.1, 0.15) is 6.61 Å². The highest BCUT2D eigenvalue weighted by Gasteiger charge is 2.49. The normalized spacial score (nSPS) is 19.4. The fourth-order valence-corrected chi connectivity index (χ4v) is 3.17. The van der Waals surface area contributed by atoms with Crippen LogP contribution in [-0.4, -0.2) is 22.6 Å². The molecule has 1 aromatic carbocycles. The number of nitrogens with two attached hydrogens (primary N) is 1. The van der Waals surface area contributed by atoms with E-state index in [9.17, 15) is 14.7 Å². The molecule has 5 heteroatoms. The van der Waals surface area contributed by atoms with Gasteiger partial charge in [-0.1, -0.05) is 50.1 Å².